The first kappa shape index (κ1) is 22.2. The summed E-state index contributed by atoms with van der Waals surface area (Å²) in [6.45, 7) is 8.08. The van der Waals surface area contributed by atoms with E-state index in [1.807, 2.05) is 37.3 Å². The fraction of sp³-hybridized carbons (Fsp3) is 0.458. The van der Waals surface area contributed by atoms with Crippen molar-refractivity contribution in [3.05, 3.63) is 58.4 Å². The third-order valence-electron chi connectivity index (χ3n) is 6.38. The lowest BCUT2D eigenvalue weighted by atomic mass is 9.94. The Morgan fingerprint density at radius 3 is 2.44 bits per heavy atom. The SMILES string of the molecule is Cc1nn(C)c(C)c1C(O)=C1C(=O)C(=O)N(CCCN2CCOCC2)[C@H]1c1ccccc1. The van der Waals surface area contributed by atoms with Gasteiger partial charge < -0.3 is 14.7 Å². The van der Waals surface area contributed by atoms with Gasteiger partial charge in [0, 0.05) is 38.9 Å². The Bertz CT molecular complexity index is 1040. The predicted octanol–water partition coefficient (Wildman–Crippen LogP) is 2.18. The number of rotatable bonds is 6. The van der Waals surface area contributed by atoms with Crippen LogP contribution in [0.15, 0.2) is 35.9 Å². The summed E-state index contributed by atoms with van der Waals surface area (Å²) in [6.07, 6.45) is 0.737. The molecular weight excluding hydrogens is 408 g/mol. The number of hydrogen-bond acceptors (Lipinski definition) is 6. The summed E-state index contributed by atoms with van der Waals surface area (Å²) in [5.74, 6) is -1.37. The standard InChI is InChI=1S/C24H30N4O4/c1-16-19(17(2)26(3)25-16)22(29)20-21(18-8-5-4-6-9-18)28(24(31)23(20)30)11-7-10-27-12-14-32-15-13-27/h4-6,8-9,21,29H,7,10-15H2,1-3H3/t21-/m0/s1. The number of aliphatic hydroxyl groups is 1. The number of amides is 1. The molecule has 0 unspecified atom stereocenters. The van der Waals surface area contributed by atoms with Crippen LogP contribution in [0.2, 0.25) is 0 Å². The lowest BCUT2D eigenvalue weighted by Crippen LogP contribution is -2.38. The minimum Gasteiger partial charge on any atom is -0.507 e. The quantitative estimate of drug-likeness (QED) is 0.423. The molecule has 2 saturated heterocycles. The van der Waals surface area contributed by atoms with Gasteiger partial charge in [-0.05, 0) is 25.8 Å². The topological polar surface area (TPSA) is 87.9 Å². The van der Waals surface area contributed by atoms with Crippen LogP contribution in [0.4, 0.5) is 0 Å². The van der Waals surface area contributed by atoms with Gasteiger partial charge in [0.2, 0.25) is 0 Å². The number of benzene rings is 1. The number of ether oxygens (including phenoxy) is 1. The zero-order valence-electron chi connectivity index (χ0n) is 18.9. The highest BCUT2D eigenvalue weighted by molar-refractivity contribution is 6.46. The number of Topliss-reactive ketones (excluding diaryl/α,β-unsaturated/α-hetero) is 1. The number of carbonyl (C=O) groups is 2. The van der Waals surface area contributed by atoms with Crippen LogP contribution in [0.25, 0.3) is 5.76 Å². The number of hydrogen-bond donors (Lipinski definition) is 1. The maximum absolute atomic E-state index is 13.1. The Balaban J connectivity index is 1.69. The summed E-state index contributed by atoms with van der Waals surface area (Å²) >= 11 is 0. The molecule has 8 heteroatoms. The van der Waals surface area contributed by atoms with Crippen molar-refractivity contribution in [2.24, 2.45) is 7.05 Å². The molecule has 0 spiro atoms. The Morgan fingerprint density at radius 2 is 1.81 bits per heavy atom. The van der Waals surface area contributed by atoms with Crippen LogP contribution in [0.5, 0.6) is 0 Å². The number of nitrogens with zero attached hydrogens (tertiary/aromatic N) is 4. The van der Waals surface area contributed by atoms with Gasteiger partial charge in [-0.2, -0.15) is 5.10 Å². The van der Waals surface area contributed by atoms with Crippen molar-refractivity contribution in [3.63, 3.8) is 0 Å². The van der Waals surface area contributed by atoms with E-state index < -0.39 is 17.7 Å². The Morgan fingerprint density at radius 1 is 1.12 bits per heavy atom. The Labute approximate surface area is 188 Å². The van der Waals surface area contributed by atoms with E-state index in [-0.39, 0.29) is 11.3 Å². The van der Waals surface area contributed by atoms with Gasteiger partial charge in [-0.3, -0.25) is 19.2 Å². The summed E-state index contributed by atoms with van der Waals surface area (Å²) in [6, 6.07) is 8.81. The highest BCUT2D eigenvalue weighted by Gasteiger charge is 2.46. The highest BCUT2D eigenvalue weighted by Crippen LogP contribution is 2.40. The molecule has 2 aliphatic heterocycles. The summed E-state index contributed by atoms with van der Waals surface area (Å²) < 4.78 is 7.06. The molecule has 3 heterocycles. The van der Waals surface area contributed by atoms with E-state index in [0.717, 1.165) is 50.5 Å². The van der Waals surface area contributed by atoms with E-state index in [1.165, 1.54) is 0 Å². The van der Waals surface area contributed by atoms with Crippen LogP contribution in [0.3, 0.4) is 0 Å². The Kier molecular flexibility index (Phi) is 6.43. The van der Waals surface area contributed by atoms with E-state index >= 15 is 0 Å². The fourth-order valence-electron chi connectivity index (χ4n) is 4.63. The van der Waals surface area contributed by atoms with Gasteiger partial charge in [-0.15, -0.1) is 0 Å². The maximum Gasteiger partial charge on any atom is 0.295 e. The normalized spacial score (nSPS) is 21.5. The molecule has 0 aliphatic carbocycles. The van der Waals surface area contributed by atoms with Crippen molar-refractivity contribution in [2.45, 2.75) is 26.3 Å². The molecule has 2 aromatic rings. The number of ketones is 1. The van der Waals surface area contributed by atoms with Gasteiger partial charge in [-0.25, -0.2) is 0 Å². The van der Waals surface area contributed by atoms with Crippen LogP contribution >= 0.6 is 0 Å². The maximum atomic E-state index is 13.1. The first-order valence-electron chi connectivity index (χ1n) is 11.0. The average Bonchev–Trinajstić information content (AvgIpc) is 3.20. The molecule has 1 atom stereocenters. The summed E-state index contributed by atoms with van der Waals surface area (Å²) in [5, 5.41) is 15.6. The molecule has 0 saturated carbocycles. The van der Waals surface area contributed by atoms with Crippen molar-refractivity contribution < 1.29 is 19.4 Å². The molecule has 32 heavy (non-hydrogen) atoms. The largest absolute Gasteiger partial charge is 0.507 e. The summed E-state index contributed by atoms with van der Waals surface area (Å²) in [4.78, 5) is 30.1. The van der Waals surface area contributed by atoms with Gasteiger partial charge in [0.05, 0.1) is 36.1 Å². The van der Waals surface area contributed by atoms with Gasteiger partial charge in [0.1, 0.15) is 5.76 Å². The van der Waals surface area contributed by atoms with Crippen molar-refractivity contribution in [1.29, 1.82) is 0 Å². The summed E-state index contributed by atoms with van der Waals surface area (Å²) in [7, 11) is 1.79. The molecule has 1 aromatic carbocycles. The molecule has 0 bridgehead atoms. The predicted molar refractivity (Wildman–Crippen MR) is 120 cm³/mol. The molecule has 8 nitrogen and oxygen atoms in total. The molecule has 4 rings (SSSR count). The lowest BCUT2D eigenvalue weighted by molar-refractivity contribution is -0.140. The van der Waals surface area contributed by atoms with Gasteiger partial charge in [0.15, 0.2) is 0 Å². The van der Waals surface area contributed by atoms with E-state index in [2.05, 4.69) is 10.00 Å². The molecule has 0 radical (unpaired) electrons. The number of morpholine rings is 1. The second-order valence-electron chi connectivity index (χ2n) is 8.38. The van der Waals surface area contributed by atoms with Gasteiger partial charge >= 0.3 is 0 Å². The van der Waals surface area contributed by atoms with E-state index in [0.29, 0.717) is 17.8 Å². The van der Waals surface area contributed by atoms with Crippen molar-refractivity contribution in [3.8, 4) is 0 Å². The van der Waals surface area contributed by atoms with E-state index in [4.69, 9.17) is 4.74 Å². The first-order chi connectivity index (χ1) is 15.4. The lowest BCUT2D eigenvalue weighted by Gasteiger charge is -2.29. The van der Waals surface area contributed by atoms with E-state index in [1.54, 1.807) is 23.6 Å². The van der Waals surface area contributed by atoms with Crippen LogP contribution in [0.1, 0.15) is 35.0 Å². The second kappa shape index (κ2) is 9.26. The van der Waals surface area contributed by atoms with Crippen LogP contribution in [-0.2, 0) is 21.4 Å². The molecule has 1 amide bonds. The van der Waals surface area contributed by atoms with Gasteiger partial charge in [-0.1, -0.05) is 30.3 Å². The van der Waals surface area contributed by atoms with Crippen LogP contribution in [0, 0.1) is 13.8 Å². The molecule has 2 aliphatic rings. The number of carbonyl (C=O) groups excluding carboxylic acids is 2. The van der Waals surface area contributed by atoms with Gasteiger partial charge in [0.25, 0.3) is 11.7 Å². The number of likely N-dealkylation sites (tertiary alicyclic amines) is 1. The number of aromatic nitrogens is 2. The first-order valence-corrected chi connectivity index (χ1v) is 11.0. The molecular formula is C24H30N4O4. The average molecular weight is 439 g/mol. The highest BCUT2D eigenvalue weighted by atomic mass is 16.5. The minimum atomic E-state index is -0.648. The minimum absolute atomic E-state index is 0.131. The molecule has 1 N–H and O–H groups in total. The summed E-state index contributed by atoms with van der Waals surface area (Å²) in [5.41, 5.74) is 2.81. The van der Waals surface area contributed by atoms with E-state index in [9.17, 15) is 14.7 Å². The smallest absolute Gasteiger partial charge is 0.295 e. The van der Waals surface area contributed by atoms with Crippen molar-refractivity contribution >= 4 is 17.4 Å². The van der Waals surface area contributed by atoms with Crippen LogP contribution in [-0.4, -0.2) is 75.8 Å². The zero-order chi connectivity index (χ0) is 22.8. The van der Waals surface area contributed by atoms with Crippen molar-refractivity contribution in [1.82, 2.24) is 19.6 Å². The van der Waals surface area contributed by atoms with Crippen LogP contribution < -0.4 is 0 Å². The second-order valence-corrected chi connectivity index (χ2v) is 8.38. The number of aryl methyl sites for hydroxylation is 2. The fourth-order valence-corrected chi connectivity index (χ4v) is 4.63. The zero-order valence-corrected chi connectivity index (χ0v) is 18.9. The van der Waals surface area contributed by atoms with Crippen molar-refractivity contribution in [2.75, 3.05) is 39.4 Å². The third-order valence-corrected chi connectivity index (χ3v) is 6.38. The third kappa shape index (κ3) is 4.08. The Hall–Kier alpha value is -2.97. The molecule has 2 fully saturated rings. The molecule has 1 aromatic heterocycles. The monoisotopic (exact) mass is 438 g/mol. The number of aliphatic hydroxyl groups excluding tert-OH is 1. The molecule has 170 valence electrons.